The number of benzene rings is 2. The molecule has 0 aliphatic rings. The highest BCUT2D eigenvalue weighted by Crippen LogP contribution is 2.39. The second-order valence-corrected chi connectivity index (χ2v) is 8.47. The molecule has 0 unspecified atom stereocenters. The number of anilines is 1. The fourth-order valence-electron chi connectivity index (χ4n) is 2.91. The van der Waals surface area contributed by atoms with E-state index < -0.39 is 24.2 Å². The lowest BCUT2D eigenvalue weighted by molar-refractivity contribution is -0.124. The van der Waals surface area contributed by atoms with Crippen LogP contribution in [0.25, 0.3) is 0 Å². The monoisotopic (exact) mass is 581 g/mol. The zero-order valence-corrected chi connectivity index (χ0v) is 20.6. The number of allylic oxidation sites excluding steroid dienone is 1. The van der Waals surface area contributed by atoms with Gasteiger partial charge in [-0.05, 0) is 65.2 Å². The second-order valence-electron chi connectivity index (χ2n) is 6.70. The van der Waals surface area contributed by atoms with Crippen molar-refractivity contribution < 1.29 is 29.4 Å². The van der Waals surface area contributed by atoms with E-state index in [2.05, 4.69) is 37.2 Å². The lowest BCUT2D eigenvalue weighted by Gasteiger charge is -2.27. The number of nitrogens with one attached hydrogen (secondary N) is 2. The minimum atomic E-state index is -1.01. The Morgan fingerprint density at radius 1 is 1.24 bits per heavy atom. The molecule has 11 heteroatoms. The van der Waals surface area contributed by atoms with Crippen LogP contribution in [0.2, 0.25) is 0 Å². The molecule has 174 valence electrons. The third kappa shape index (κ3) is 7.87. The number of phenolic OH excluding ortho intramolecular Hbond substituents is 1. The number of aromatic hydroxyl groups is 1. The zero-order valence-electron chi connectivity index (χ0n) is 17.4. The standard InChI is InChI=1S/C22H21Br2N3O6/c1-32-18(4-2-3-5-19(28)27-31)21(16-10-14(23)11-17(24)20(16)29)33-22(30)26-15-8-6-13(12-25)7-9-15/h3,5-11,18,21,29,31H,2,4H2,1H3,(H,26,30)(H,27,28)/b5-3+/t18-,21-/m0/s1. The van der Waals surface area contributed by atoms with Crippen LogP contribution in [-0.2, 0) is 14.3 Å². The molecule has 0 aliphatic heterocycles. The summed E-state index contributed by atoms with van der Waals surface area (Å²) < 4.78 is 12.2. The maximum atomic E-state index is 12.7. The number of halogens is 2. The van der Waals surface area contributed by atoms with E-state index in [1.54, 1.807) is 36.4 Å². The molecule has 0 heterocycles. The Labute approximate surface area is 207 Å². The molecule has 2 amide bonds. The van der Waals surface area contributed by atoms with Crippen LogP contribution in [-0.4, -0.2) is 35.5 Å². The van der Waals surface area contributed by atoms with E-state index in [4.69, 9.17) is 19.9 Å². The highest BCUT2D eigenvalue weighted by molar-refractivity contribution is 9.11. The van der Waals surface area contributed by atoms with E-state index in [1.165, 1.54) is 18.7 Å². The Balaban J connectivity index is 2.27. The Bertz CT molecular complexity index is 1050. The first-order chi connectivity index (χ1) is 15.8. The van der Waals surface area contributed by atoms with Crippen LogP contribution < -0.4 is 10.8 Å². The van der Waals surface area contributed by atoms with Gasteiger partial charge in [0.25, 0.3) is 5.91 Å². The number of hydrogen-bond acceptors (Lipinski definition) is 7. The van der Waals surface area contributed by atoms with Crippen molar-refractivity contribution in [2.24, 2.45) is 0 Å². The van der Waals surface area contributed by atoms with Gasteiger partial charge in [-0.3, -0.25) is 15.3 Å². The van der Waals surface area contributed by atoms with E-state index >= 15 is 0 Å². The number of nitrogens with zero attached hydrogens (tertiary/aromatic N) is 1. The molecular formula is C22H21Br2N3O6. The van der Waals surface area contributed by atoms with Gasteiger partial charge in [0, 0.05) is 28.9 Å². The number of hydroxylamine groups is 1. The van der Waals surface area contributed by atoms with Crippen molar-refractivity contribution in [1.29, 1.82) is 5.26 Å². The van der Waals surface area contributed by atoms with Crippen molar-refractivity contribution in [2.75, 3.05) is 12.4 Å². The quantitative estimate of drug-likeness (QED) is 0.186. The van der Waals surface area contributed by atoms with Gasteiger partial charge in [0.05, 0.1) is 22.2 Å². The minimum absolute atomic E-state index is 0.119. The van der Waals surface area contributed by atoms with Crippen molar-refractivity contribution in [3.63, 3.8) is 0 Å². The number of hydrogen-bond donors (Lipinski definition) is 4. The maximum Gasteiger partial charge on any atom is 0.412 e. The van der Waals surface area contributed by atoms with Crippen molar-refractivity contribution in [3.05, 3.63) is 68.6 Å². The molecule has 2 aromatic rings. The summed E-state index contributed by atoms with van der Waals surface area (Å²) in [6, 6.07) is 11.5. The Kier molecular flexibility index (Phi) is 10.3. The van der Waals surface area contributed by atoms with Crippen LogP contribution in [0.5, 0.6) is 5.75 Å². The van der Waals surface area contributed by atoms with Gasteiger partial charge in [0.15, 0.2) is 6.10 Å². The number of ether oxygens (including phenoxy) is 2. The molecule has 0 radical (unpaired) electrons. The summed E-state index contributed by atoms with van der Waals surface area (Å²) in [4.78, 5) is 23.8. The van der Waals surface area contributed by atoms with Gasteiger partial charge in [0.2, 0.25) is 0 Å². The summed E-state index contributed by atoms with van der Waals surface area (Å²) in [5.74, 6) is -0.793. The molecule has 0 bridgehead atoms. The Morgan fingerprint density at radius 2 is 1.94 bits per heavy atom. The molecule has 2 aromatic carbocycles. The van der Waals surface area contributed by atoms with E-state index in [1.807, 2.05) is 6.07 Å². The predicted octanol–water partition coefficient (Wildman–Crippen LogP) is 4.94. The summed E-state index contributed by atoms with van der Waals surface area (Å²) in [5, 5.41) is 30.7. The average molecular weight is 583 g/mol. The lowest BCUT2D eigenvalue weighted by atomic mass is 9.99. The summed E-state index contributed by atoms with van der Waals surface area (Å²) in [7, 11) is 1.44. The molecule has 33 heavy (non-hydrogen) atoms. The molecule has 2 rings (SSSR count). The van der Waals surface area contributed by atoms with Gasteiger partial charge in [-0.2, -0.15) is 5.26 Å². The highest BCUT2D eigenvalue weighted by atomic mass is 79.9. The first-order valence-electron chi connectivity index (χ1n) is 9.58. The summed E-state index contributed by atoms with van der Waals surface area (Å²) in [5.41, 5.74) is 2.66. The van der Waals surface area contributed by atoms with Gasteiger partial charge in [-0.15, -0.1) is 0 Å². The minimum Gasteiger partial charge on any atom is -0.506 e. The summed E-state index contributed by atoms with van der Waals surface area (Å²) >= 11 is 6.64. The summed E-state index contributed by atoms with van der Waals surface area (Å²) in [6.07, 6.45) is 0.879. The number of rotatable bonds is 9. The third-order valence-electron chi connectivity index (χ3n) is 4.50. The third-order valence-corrected chi connectivity index (χ3v) is 5.56. The molecule has 9 nitrogen and oxygen atoms in total. The van der Waals surface area contributed by atoms with Gasteiger partial charge in [-0.1, -0.05) is 22.0 Å². The van der Waals surface area contributed by atoms with E-state index in [9.17, 15) is 14.7 Å². The molecule has 0 spiro atoms. The molecule has 0 aliphatic carbocycles. The van der Waals surface area contributed by atoms with Crippen molar-refractivity contribution in [3.8, 4) is 11.8 Å². The molecule has 2 atom stereocenters. The van der Waals surface area contributed by atoms with Crippen LogP contribution >= 0.6 is 31.9 Å². The maximum absolute atomic E-state index is 12.7. The molecule has 0 saturated heterocycles. The van der Waals surface area contributed by atoms with Gasteiger partial charge < -0.3 is 14.6 Å². The number of carbonyl (C=O) groups is 2. The largest absolute Gasteiger partial charge is 0.506 e. The highest BCUT2D eigenvalue weighted by Gasteiger charge is 2.30. The van der Waals surface area contributed by atoms with E-state index in [0.29, 0.717) is 38.6 Å². The zero-order chi connectivity index (χ0) is 24.4. The molecule has 0 fully saturated rings. The molecule has 0 saturated carbocycles. The van der Waals surface area contributed by atoms with E-state index in [0.717, 1.165) is 6.08 Å². The van der Waals surface area contributed by atoms with Crippen LogP contribution in [0.3, 0.4) is 0 Å². The van der Waals surface area contributed by atoms with Crippen molar-refractivity contribution in [2.45, 2.75) is 25.0 Å². The van der Waals surface area contributed by atoms with Crippen molar-refractivity contribution in [1.82, 2.24) is 5.48 Å². The second kappa shape index (κ2) is 13.0. The number of methoxy groups -OCH3 is 1. The average Bonchev–Trinajstić information content (AvgIpc) is 2.80. The van der Waals surface area contributed by atoms with Gasteiger partial charge in [-0.25, -0.2) is 10.3 Å². The molecule has 0 aromatic heterocycles. The molecule has 4 N–H and O–H groups in total. The molecular weight excluding hydrogens is 562 g/mol. The van der Waals surface area contributed by atoms with Gasteiger partial charge in [0.1, 0.15) is 5.75 Å². The number of carbonyl (C=O) groups excluding carboxylic acids is 2. The Hall–Kier alpha value is -2.91. The predicted molar refractivity (Wildman–Crippen MR) is 127 cm³/mol. The van der Waals surface area contributed by atoms with Crippen LogP contribution in [0, 0.1) is 11.3 Å². The SMILES string of the molecule is CO[C@@H](CC/C=C/C(=O)NO)[C@@H](OC(=O)Nc1ccc(C#N)cc1)c1cc(Br)cc(Br)c1O. The topological polar surface area (TPSA) is 141 Å². The summed E-state index contributed by atoms with van der Waals surface area (Å²) in [6.45, 7) is 0. The van der Waals surface area contributed by atoms with Crippen LogP contribution in [0.1, 0.15) is 30.1 Å². The van der Waals surface area contributed by atoms with Crippen LogP contribution in [0.15, 0.2) is 57.5 Å². The van der Waals surface area contributed by atoms with Gasteiger partial charge >= 0.3 is 6.09 Å². The van der Waals surface area contributed by atoms with E-state index in [-0.39, 0.29) is 5.75 Å². The van der Waals surface area contributed by atoms with Crippen LogP contribution in [0.4, 0.5) is 10.5 Å². The first-order valence-corrected chi connectivity index (χ1v) is 11.2. The smallest absolute Gasteiger partial charge is 0.412 e. The normalized spacial score (nSPS) is 12.6. The fraction of sp³-hybridized carbons (Fsp3) is 0.227. The first kappa shape index (κ1) is 26.3. The number of amides is 2. The fourth-order valence-corrected chi connectivity index (χ4v) is 4.17. The van der Waals surface area contributed by atoms with Crippen molar-refractivity contribution >= 4 is 49.5 Å². The number of phenols is 1. The number of nitriles is 1. The lowest BCUT2D eigenvalue weighted by Crippen LogP contribution is -2.28. The Morgan fingerprint density at radius 3 is 2.55 bits per heavy atom.